The Morgan fingerprint density at radius 1 is 1.53 bits per heavy atom. The van der Waals surface area contributed by atoms with Crippen LogP contribution in [0.1, 0.15) is 18.4 Å². The van der Waals surface area contributed by atoms with Crippen molar-refractivity contribution in [2.75, 3.05) is 13.2 Å². The van der Waals surface area contributed by atoms with E-state index in [9.17, 15) is 9.50 Å². The van der Waals surface area contributed by atoms with E-state index in [2.05, 4.69) is 0 Å². The molecule has 17 heavy (non-hydrogen) atoms. The molecular weight excluding hydrogens is 243 g/mol. The lowest BCUT2D eigenvalue weighted by atomic mass is 9.96. The Morgan fingerprint density at radius 2 is 2.35 bits per heavy atom. The third-order valence-corrected chi connectivity index (χ3v) is 3.46. The van der Waals surface area contributed by atoms with Crippen LogP contribution in [0.15, 0.2) is 18.2 Å². The summed E-state index contributed by atoms with van der Waals surface area (Å²) in [6, 6.07) is 4.23. The molecule has 2 atom stereocenters. The van der Waals surface area contributed by atoms with Gasteiger partial charge in [-0.25, -0.2) is 4.39 Å². The highest BCUT2D eigenvalue weighted by molar-refractivity contribution is 6.31. The Labute approximate surface area is 105 Å². The minimum absolute atomic E-state index is 0.319. The van der Waals surface area contributed by atoms with Gasteiger partial charge in [0.05, 0.1) is 6.10 Å². The molecule has 0 aliphatic carbocycles. The summed E-state index contributed by atoms with van der Waals surface area (Å²) in [5.41, 5.74) is 0.665. The van der Waals surface area contributed by atoms with Crippen LogP contribution in [0.25, 0.3) is 0 Å². The molecule has 0 aromatic heterocycles. The zero-order chi connectivity index (χ0) is 12.3. The van der Waals surface area contributed by atoms with E-state index >= 15 is 0 Å². The minimum Gasteiger partial charge on any atom is -0.393 e. The van der Waals surface area contributed by atoms with Crippen molar-refractivity contribution in [3.63, 3.8) is 0 Å². The van der Waals surface area contributed by atoms with Crippen molar-refractivity contribution in [2.24, 2.45) is 5.92 Å². The number of rotatable bonds is 4. The van der Waals surface area contributed by atoms with E-state index in [1.807, 2.05) is 0 Å². The summed E-state index contributed by atoms with van der Waals surface area (Å²) in [5.74, 6) is 0.0955. The Hall–Kier alpha value is -0.640. The van der Waals surface area contributed by atoms with Crippen molar-refractivity contribution in [2.45, 2.75) is 25.4 Å². The first-order chi connectivity index (χ1) is 8.15. The Kier molecular flexibility index (Phi) is 4.37. The van der Waals surface area contributed by atoms with E-state index in [0.717, 1.165) is 13.0 Å². The van der Waals surface area contributed by atoms with Gasteiger partial charge in [-0.15, -0.1) is 0 Å². The Morgan fingerprint density at radius 3 is 3.06 bits per heavy atom. The molecule has 1 aromatic carbocycles. The van der Waals surface area contributed by atoms with Crippen LogP contribution in [-0.4, -0.2) is 24.4 Å². The van der Waals surface area contributed by atoms with Gasteiger partial charge in [-0.1, -0.05) is 11.6 Å². The van der Waals surface area contributed by atoms with Gasteiger partial charge in [-0.3, -0.25) is 0 Å². The second kappa shape index (κ2) is 5.80. The molecule has 2 rings (SSSR count). The van der Waals surface area contributed by atoms with E-state index < -0.39 is 6.10 Å². The second-order valence-electron chi connectivity index (χ2n) is 4.56. The molecule has 1 fully saturated rings. The monoisotopic (exact) mass is 258 g/mol. The molecule has 1 aromatic rings. The van der Waals surface area contributed by atoms with Crippen molar-refractivity contribution in [3.05, 3.63) is 34.6 Å². The van der Waals surface area contributed by atoms with Crippen LogP contribution < -0.4 is 0 Å². The highest BCUT2D eigenvalue weighted by Crippen LogP contribution is 2.23. The van der Waals surface area contributed by atoms with Gasteiger partial charge >= 0.3 is 0 Å². The number of benzene rings is 1. The van der Waals surface area contributed by atoms with E-state index in [0.29, 0.717) is 36.0 Å². The lowest BCUT2D eigenvalue weighted by molar-refractivity contribution is 0.128. The third-order valence-electron chi connectivity index (χ3n) is 3.09. The van der Waals surface area contributed by atoms with Crippen molar-refractivity contribution < 1.29 is 14.2 Å². The maximum Gasteiger partial charge on any atom is 0.123 e. The smallest absolute Gasteiger partial charge is 0.123 e. The SMILES string of the molecule is OC(Cc1cc(F)ccc1Cl)CC1CCOC1. The largest absolute Gasteiger partial charge is 0.393 e. The number of ether oxygens (including phenoxy) is 1. The molecule has 1 heterocycles. The molecule has 0 saturated carbocycles. The summed E-state index contributed by atoms with van der Waals surface area (Å²) in [4.78, 5) is 0. The number of aliphatic hydroxyl groups is 1. The van der Waals surface area contributed by atoms with Crippen molar-refractivity contribution in [1.82, 2.24) is 0 Å². The van der Waals surface area contributed by atoms with Crippen LogP contribution in [-0.2, 0) is 11.2 Å². The maximum atomic E-state index is 13.0. The summed E-state index contributed by atoms with van der Waals surface area (Å²) in [7, 11) is 0. The zero-order valence-electron chi connectivity index (χ0n) is 9.53. The number of halogens is 2. The topological polar surface area (TPSA) is 29.5 Å². The third kappa shape index (κ3) is 3.66. The van der Waals surface area contributed by atoms with Crippen LogP contribution >= 0.6 is 11.6 Å². The fourth-order valence-electron chi connectivity index (χ4n) is 2.19. The van der Waals surface area contributed by atoms with Crippen LogP contribution in [0, 0.1) is 11.7 Å². The van der Waals surface area contributed by atoms with Gasteiger partial charge in [0.2, 0.25) is 0 Å². The molecule has 0 bridgehead atoms. The second-order valence-corrected chi connectivity index (χ2v) is 4.97. The molecule has 1 aliphatic rings. The fraction of sp³-hybridized carbons (Fsp3) is 0.538. The molecule has 2 unspecified atom stereocenters. The van der Waals surface area contributed by atoms with Crippen molar-refractivity contribution >= 4 is 11.6 Å². The zero-order valence-corrected chi connectivity index (χ0v) is 10.3. The number of hydrogen-bond acceptors (Lipinski definition) is 2. The lowest BCUT2D eigenvalue weighted by Gasteiger charge is -2.15. The Balaban J connectivity index is 1.92. The Bertz CT molecular complexity index is 378. The molecule has 1 aliphatic heterocycles. The average Bonchev–Trinajstić information content (AvgIpc) is 2.76. The first-order valence-electron chi connectivity index (χ1n) is 5.85. The standard InChI is InChI=1S/C13H16ClFO2/c14-13-2-1-11(15)6-10(13)7-12(16)5-9-3-4-17-8-9/h1-2,6,9,12,16H,3-5,7-8H2. The van der Waals surface area contributed by atoms with Crippen LogP contribution in [0.3, 0.4) is 0 Å². The van der Waals surface area contributed by atoms with E-state index in [-0.39, 0.29) is 5.82 Å². The van der Waals surface area contributed by atoms with Gasteiger partial charge in [0.25, 0.3) is 0 Å². The van der Waals surface area contributed by atoms with Gasteiger partial charge in [0.1, 0.15) is 5.82 Å². The molecule has 94 valence electrons. The normalized spacial score (nSPS) is 21.7. The number of aliphatic hydroxyl groups excluding tert-OH is 1. The molecule has 4 heteroatoms. The summed E-state index contributed by atoms with van der Waals surface area (Å²) in [5, 5.41) is 10.4. The van der Waals surface area contributed by atoms with Crippen LogP contribution in [0.4, 0.5) is 4.39 Å². The van der Waals surface area contributed by atoms with Gasteiger partial charge in [0.15, 0.2) is 0 Å². The molecule has 2 nitrogen and oxygen atoms in total. The molecule has 0 radical (unpaired) electrons. The average molecular weight is 259 g/mol. The van der Waals surface area contributed by atoms with E-state index in [1.54, 1.807) is 0 Å². The maximum absolute atomic E-state index is 13.0. The van der Waals surface area contributed by atoms with Crippen molar-refractivity contribution in [1.29, 1.82) is 0 Å². The lowest BCUT2D eigenvalue weighted by Crippen LogP contribution is -2.16. The summed E-state index contributed by atoms with van der Waals surface area (Å²) in [6.45, 7) is 1.49. The molecular formula is C13H16ClFO2. The molecule has 0 amide bonds. The first kappa shape index (κ1) is 12.8. The van der Waals surface area contributed by atoms with Gasteiger partial charge in [0, 0.05) is 18.2 Å². The first-order valence-corrected chi connectivity index (χ1v) is 6.22. The van der Waals surface area contributed by atoms with Crippen LogP contribution in [0.5, 0.6) is 0 Å². The molecule has 0 spiro atoms. The fourth-order valence-corrected chi connectivity index (χ4v) is 2.39. The minimum atomic E-state index is -0.485. The van der Waals surface area contributed by atoms with Crippen molar-refractivity contribution in [3.8, 4) is 0 Å². The number of hydrogen-bond donors (Lipinski definition) is 1. The summed E-state index contributed by atoms with van der Waals surface area (Å²) < 4.78 is 18.3. The summed E-state index contributed by atoms with van der Waals surface area (Å²) >= 11 is 5.95. The highest BCUT2D eigenvalue weighted by Gasteiger charge is 2.20. The summed E-state index contributed by atoms with van der Waals surface area (Å²) in [6.07, 6.45) is 1.59. The predicted octanol–water partition coefficient (Wildman–Crippen LogP) is 2.81. The van der Waals surface area contributed by atoms with Gasteiger partial charge in [-0.05, 0) is 48.9 Å². The molecule has 1 N–H and O–H groups in total. The quantitative estimate of drug-likeness (QED) is 0.900. The van der Waals surface area contributed by atoms with E-state index in [1.165, 1.54) is 18.2 Å². The van der Waals surface area contributed by atoms with E-state index in [4.69, 9.17) is 16.3 Å². The van der Waals surface area contributed by atoms with Gasteiger partial charge in [-0.2, -0.15) is 0 Å². The van der Waals surface area contributed by atoms with Crippen LogP contribution in [0.2, 0.25) is 5.02 Å². The van der Waals surface area contributed by atoms with Gasteiger partial charge < -0.3 is 9.84 Å². The molecule has 1 saturated heterocycles. The highest BCUT2D eigenvalue weighted by atomic mass is 35.5. The predicted molar refractivity (Wildman–Crippen MR) is 64.7 cm³/mol.